The molecular formula is C24H51N3O. The smallest absolute Gasteiger partial charge is 0.222 e. The summed E-state index contributed by atoms with van der Waals surface area (Å²) < 4.78 is 0. The molecule has 0 aliphatic heterocycles. The predicted molar refractivity (Wildman–Crippen MR) is 124 cm³/mol. The van der Waals surface area contributed by atoms with Crippen molar-refractivity contribution in [2.24, 2.45) is 0 Å². The SMILES string of the molecule is CCCCCCCCCCCCCC(=O)N(CCCN(C)C)CCCN(C)C. The van der Waals surface area contributed by atoms with Gasteiger partial charge in [0.2, 0.25) is 5.91 Å². The van der Waals surface area contributed by atoms with Crippen LogP contribution in [0, 0.1) is 0 Å². The van der Waals surface area contributed by atoms with E-state index in [0.717, 1.165) is 51.9 Å². The van der Waals surface area contributed by atoms with E-state index in [1.165, 1.54) is 64.2 Å². The first-order valence-corrected chi connectivity index (χ1v) is 12.0. The molecule has 0 unspecified atom stereocenters. The van der Waals surface area contributed by atoms with E-state index >= 15 is 0 Å². The minimum absolute atomic E-state index is 0.369. The minimum atomic E-state index is 0.369. The number of carbonyl (C=O) groups excluding carboxylic acids is 1. The number of rotatable bonds is 20. The molecule has 0 heterocycles. The molecular weight excluding hydrogens is 346 g/mol. The lowest BCUT2D eigenvalue weighted by molar-refractivity contribution is -0.131. The van der Waals surface area contributed by atoms with Gasteiger partial charge in [-0.15, -0.1) is 0 Å². The fourth-order valence-electron chi connectivity index (χ4n) is 3.62. The van der Waals surface area contributed by atoms with Crippen LogP contribution in [0.3, 0.4) is 0 Å². The van der Waals surface area contributed by atoms with Crippen molar-refractivity contribution in [2.75, 3.05) is 54.4 Å². The molecule has 0 rings (SSSR count). The maximum absolute atomic E-state index is 12.7. The van der Waals surface area contributed by atoms with Crippen molar-refractivity contribution < 1.29 is 4.79 Å². The van der Waals surface area contributed by atoms with E-state index in [9.17, 15) is 4.79 Å². The van der Waals surface area contributed by atoms with Crippen LogP contribution in [0.5, 0.6) is 0 Å². The highest BCUT2D eigenvalue weighted by molar-refractivity contribution is 5.76. The van der Waals surface area contributed by atoms with Crippen molar-refractivity contribution in [1.29, 1.82) is 0 Å². The Morgan fingerprint density at radius 3 is 1.32 bits per heavy atom. The van der Waals surface area contributed by atoms with Crippen LogP contribution < -0.4 is 0 Å². The Morgan fingerprint density at radius 1 is 0.536 bits per heavy atom. The summed E-state index contributed by atoms with van der Waals surface area (Å²) in [5, 5.41) is 0. The zero-order chi connectivity index (χ0) is 21.0. The average molecular weight is 398 g/mol. The third-order valence-electron chi connectivity index (χ3n) is 5.41. The number of hydrogen-bond acceptors (Lipinski definition) is 3. The Kier molecular flexibility index (Phi) is 19.3. The monoisotopic (exact) mass is 397 g/mol. The molecule has 0 saturated heterocycles. The molecule has 0 aromatic carbocycles. The van der Waals surface area contributed by atoms with Gasteiger partial charge in [0.05, 0.1) is 0 Å². The molecule has 0 fully saturated rings. The van der Waals surface area contributed by atoms with Gasteiger partial charge in [-0.05, 0) is 60.5 Å². The van der Waals surface area contributed by atoms with Gasteiger partial charge in [-0.2, -0.15) is 0 Å². The Labute approximate surface area is 177 Å². The molecule has 0 radical (unpaired) electrons. The van der Waals surface area contributed by atoms with Crippen LogP contribution in [0.15, 0.2) is 0 Å². The summed E-state index contributed by atoms with van der Waals surface area (Å²) in [5.74, 6) is 0.369. The summed E-state index contributed by atoms with van der Waals surface area (Å²) in [5.41, 5.74) is 0. The molecule has 28 heavy (non-hydrogen) atoms. The molecule has 0 bridgehead atoms. The van der Waals surface area contributed by atoms with Gasteiger partial charge >= 0.3 is 0 Å². The van der Waals surface area contributed by atoms with Crippen molar-refractivity contribution in [3.8, 4) is 0 Å². The first kappa shape index (κ1) is 27.4. The van der Waals surface area contributed by atoms with Crippen LogP contribution in [0.1, 0.15) is 96.8 Å². The van der Waals surface area contributed by atoms with E-state index in [0.29, 0.717) is 5.91 Å². The lowest BCUT2D eigenvalue weighted by atomic mass is 10.1. The Morgan fingerprint density at radius 2 is 0.929 bits per heavy atom. The summed E-state index contributed by atoms with van der Waals surface area (Å²) in [6.07, 6.45) is 17.5. The molecule has 0 aliphatic carbocycles. The highest BCUT2D eigenvalue weighted by Gasteiger charge is 2.13. The first-order chi connectivity index (χ1) is 13.5. The minimum Gasteiger partial charge on any atom is -0.343 e. The van der Waals surface area contributed by atoms with Gasteiger partial charge in [-0.1, -0.05) is 71.1 Å². The summed E-state index contributed by atoms with van der Waals surface area (Å²) in [6.45, 7) is 6.19. The van der Waals surface area contributed by atoms with Gasteiger partial charge < -0.3 is 14.7 Å². The largest absolute Gasteiger partial charge is 0.343 e. The van der Waals surface area contributed by atoms with Gasteiger partial charge in [0.15, 0.2) is 0 Å². The van der Waals surface area contributed by atoms with E-state index < -0.39 is 0 Å². The molecule has 0 N–H and O–H groups in total. The summed E-state index contributed by atoms with van der Waals surface area (Å²) >= 11 is 0. The van der Waals surface area contributed by atoms with Gasteiger partial charge in [-0.25, -0.2) is 0 Å². The molecule has 0 spiro atoms. The van der Waals surface area contributed by atoms with Gasteiger partial charge in [0, 0.05) is 19.5 Å². The van der Waals surface area contributed by atoms with Crippen molar-refractivity contribution in [1.82, 2.24) is 14.7 Å². The molecule has 0 aromatic heterocycles. The maximum Gasteiger partial charge on any atom is 0.222 e. The molecule has 0 aliphatic rings. The Balaban J connectivity index is 3.83. The molecule has 0 saturated carbocycles. The number of carbonyl (C=O) groups is 1. The summed E-state index contributed by atoms with van der Waals surface area (Å²) in [6, 6.07) is 0. The fraction of sp³-hybridized carbons (Fsp3) is 0.958. The van der Waals surface area contributed by atoms with Crippen molar-refractivity contribution in [2.45, 2.75) is 96.8 Å². The maximum atomic E-state index is 12.7. The fourth-order valence-corrected chi connectivity index (χ4v) is 3.62. The van der Waals surface area contributed by atoms with Gasteiger partial charge in [-0.3, -0.25) is 4.79 Å². The molecule has 4 nitrogen and oxygen atoms in total. The zero-order valence-corrected chi connectivity index (χ0v) is 20.0. The number of amides is 1. The Hall–Kier alpha value is -0.610. The normalized spacial score (nSPS) is 11.5. The van der Waals surface area contributed by atoms with Gasteiger partial charge in [0.25, 0.3) is 0 Å². The quantitative estimate of drug-likeness (QED) is 0.257. The van der Waals surface area contributed by atoms with Crippen LogP contribution in [0.2, 0.25) is 0 Å². The molecule has 168 valence electrons. The standard InChI is InChI=1S/C24H51N3O/c1-6-7-8-9-10-11-12-13-14-15-16-19-24(28)27(22-17-20-25(2)3)23-18-21-26(4)5/h6-23H2,1-5H3. The van der Waals surface area contributed by atoms with Crippen molar-refractivity contribution >= 4 is 5.91 Å². The lowest BCUT2D eigenvalue weighted by Gasteiger charge is -2.24. The topological polar surface area (TPSA) is 26.8 Å². The number of nitrogens with zero attached hydrogens (tertiary/aromatic N) is 3. The predicted octanol–water partition coefficient (Wildman–Crippen LogP) is 5.42. The summed E-state index contributed by atoms with van der Waals surface area (Å²) in [4.78, 5) is 19.2. The van der Waals surface area contributed by atoms with Crippen LogP contribution in [0.25, 0.3) is 0 Å². The zero-order valence-electron chi connectivity index (χ0n) is 20.0. The number of unbranched alkanes of at least 4 members (excludes halogenated alkanes) is 10. The van der Waals surface area contributed by atoms with E-state index in [1.54, 1.807) is 0 Å². The highest BCUT2D eigenvalue weighted by Crippen LogP contribution is 2.12. The molecule has 1 amide bonds. The third kappa shape index (κ3) is 18.7. The molecule has 4 heteroatoms. The van der Waals surface area contributed by atoms with Crippen LogP contribution in [0.4, 0.5) is 0 Å². The second kappa shape index (κ2) is 19.7. The second-order valence-electron chi connectivity index (χ2n) is 8.98. The first-order valence-electron chi connectivity index (χ1n) is 12.0. The van der Waals surface area contributed by atoms with Crippen molar-refractivity contribution in [3.63, 3.8) is 0 Å². The molecule has 0 aromatic rings. The van der Waals surface area contributed by atoms with E-state index in [4.69, 9.17) is 0 Å². The Bertz CT molecular complexity index is 331. The van der Waals surface area contributed by atoms with Crippen LogP contribution in [-0.4, -0.2) is 75.0 Å². The second-order valence-corrected chi connectivity index (χ2v) is 8.98. The van der Waals surface area contributed by atoms with Crippen LogP contribution >= 0.6 is 0 Å². The van der Waals surface area contributed by atoms with Gasteiger partial charge in [0.1, 0.15) is 0 Å². The molecule has 0 atom stereocenters. The van der Waals surface area contributed by atoms with Crippen LogP contribution in [-0.2, 0) is 4.79 Å². The highest BCUT2D eigenvalue weighted by atomic mass is 16.2. The van der Waals surface area contributed by atoms with E-state index in [-0.39, 0.29) is 0 Å². The third-order valence-corrected chi connectivity index (χ3v) is 5.41. The van der Waals surface area contributed by atoms with E-state index in [1.807, 2.05) is 0 Å². The lowest BCUT2D eigenvalue weighted by Crippen LogP contribution is -2.35. The summed E-state index contributed by atoms with van der Waals surface area (Å²) in [7, 11) is 8.40. The van der Waals surface area contributed by atoms with Crippen molar-refractivity contribution in [3.05, 3.63) is 0 Å². The number of hydrogen-bond donors (Lipinski definition) is 0. The van der Waals surface area contributed by atoms with E-state index in [2.05, 4.69) is 49.8 Å². The average Bonchev–Trinajstić information content (AvgIpc) is 2.64.